The van der Waals surface area contributed by atoms with E-state index in [0.29, 0.717) is 28.1 Å². The third kappa shape index (κ3) is 4.93. The molecule has 0 saturated heterocycles. The molecule has 0 spiro atoms. The van der Waals surface area contributed by atoms with Gasteiger partial charge >= 0.3 is 0 Å². The van der Waals surface area contributed by atoms with E-state index in [4.69, 9.17) is 0 Å². The summed E-state index contributed by atoms with van der Waals surface area (Å²) >= 11 is 0. The number of hydrogen-bond acceptors (Lipinski definition) is 9. The van der Waals surface area contributed by atoms with Gasteiger partial charge in [-0.2, -0.15) is 14.6 Å². The van der Waals surface area contributed by atoms with Gasteiger partial charge in [0.05, 0.1) is 18.2 Å². The van der Waals surface area contributed by atoms with Crippen LogP contribution in [0.4, 0.5) is 17.5 Å². The number of fused-ring (bicyclic) bond motifs is 2. The van der Waals surface area contributed by atoms with E-state index in [1.54, 1.807) is 35.0 Å². The minimum absolute atomic E-state index is 0.211. The van der Waals surface area contributed by atoms with Gasteiger partial charge < -0.3 is 10.2 Å². The molecule has 0 bridgehead atoms. The van der Waals surface area contributed by atoms with Crippen LogP contribution in [-0.2, 0) is 29.2 Å². The molecule has 0 radical (unpaired) electrons. The number of likely N-dealkylation sites (N-methyl/N-ethyl adjacent to an activating group) is 1. The average molecular weight is 530 g/mol. The quantitative estimate of drug-likeness (QED) is 0.377. The van der Waals surface area contributed by atoms with Crippen LogP contribution in [0.2, 0.25) is 0 Å². The molecule has 1 aliphatic heterocycles. The van der Waals surface area contributed by atoms with E-state index in [2.05, 4.69) is 49.2 Å². The Hall–Kier alpha value is -4.34. The molecule has 0 saturated carbocycles. The van der Waals surface area contributed by atoms with Crippen LogP contribution in [0.25, 0.3) is 16.9 Å². The first-order valence-corrected chi connectivity index (χ1v) is 14.3. The Morgan fingerprint density at radius 1 is 1.29 bits per heavy atom. The molecule has 4 heterocycles. The standard InChI is InChI=1S/C26H27N9O2S/c1-5-10-34-25(36)21-15-28-26(29-19-12-17(14-27)20-9-11-33(2)16-18(20)13-19)31-24(21)35(34)23-8-6-7-22(30-23)32-38(3,4)37/h5-8,12-13,15H,1,9-11,16H2,2-4H3,(H,28,29,31). The van der Waals surface area contributed by atoms with Gasteiger partial charge in [0.2, 0.25) is 5.95 Å². The van der Waals surface area contributed by atoms with Crippen molar-refractivity contribution in [1.82, 2.24) is 29.2 Å². The highest BCUT2D eigenvalue weighted by atomic mass is 32.2. The molecule has 12 heteroatoms. The van der Waals surface area contributed by atoms with Gasteiger partial charge in [-0.3, -0.25) is 4.79 Å². The molecule has 1 aromatic carbocycles. The molecule has 1 aliphatic rings. The monoisotopic (exact) mass is 529 g/mol. The van der Waals surface area contributed by atoms with E-state index in [1.807, 2.05) is 6.07 Å². The Bertz CT molecular complexity index is 1800. The number of nitriles is 1. The highest BCUT2D eigenvalue weighted by Crippen LogP contribution is 2.27. The van der Waals surface area contributed by atoms with Crippen LogP contribution in [0.5, 0.6) is 0 Å². The number of nitrogens with zero attached hydrogens (tertiary/aromatic N) is 8. The maximum absolute atomic E-state index is 13.2. The third-order valence-corrected chi connectivity index (χ3v) is 6.76. The largest absolute Gasteiger partial charge is 0.324 e. The van der Waals surface area contributed by atoms with E-state index in [0.717, 1.165) is 30.6 Å². The maximum Gasteiger partial charge on any atom is 0.278 e. The van der Waals surface area contributed by atoms with Crippen molar-refractivity contribution in [3.63, 3.8) is 0 Å². The summed E-state index contributed by atoms with van der Waals surface area (Å²) in [5.41, 5.74) is 3.51. The molecule has 0 amide bonds. The summed E-state index contributed by atoms with van der Waals surface area (Å²) in [6, 6.07) is 11.2. The molecule has 0 atom stereocenters. The smallest absolute Gasteiger partial charge is 0.278 e. The van der Waals surface area contributed by atoms with E-state index < -0.39 is 9.73 Å². The topological polar surface area (TPSA) is 134 Å². The van der Waals surface area contributed by atoms with Crippen molar-refractivity contribution in [2.45, 2.75) is 19.5 Å². The predicted molar refractivity (Wildman–Crippen MR) is 148 cm³/mol. The molecular weight excluding hydrogens is 502 g/mol. The molecular formula is C26H27N9O2S. The zero-order valence-corrected chi connectivity index (χ0v) is 22.2. The second-order valence-electron chi connectivity index (χ2n) is 9.43. The maximum atomic E-state index is 13.2. The van der Waals surface area contributed by atoms with Gasteiger partial charge in [0.15, 0.2) is 17.3 Å². The summed E-state index contributed by atoms with van der Waals surface area (Å²) in [4.78, 5) is 29.0. The third-order valence-electron chi connectivity index (χ3n) is 6.13. The van der Waals surface area contributed by atoms with Crippen LogP contribution in [0.1, 0.15) is 16.7 Å². The van der Waals surface area contributed by atoms with Crippen molar-refractivity contribution in [2.24, 2.45) is 4.36 Å². The van der Waals surface area contributed by atoms with Crippen LogP contribution in [0.3, 0.4) is 0 Å². The molecule has 0 aliphatic carbocycles. The van der Waals surface area contributed by atoms with Gasteiger partial charge in [0.1, 0.15) is 5.39 Å². The fraction of sp³-hybridized carbons (Fsp3) is 0.269. The Balaban J connectivity index is 1.63. The van der Waals surface area contributed by atoms with Crippen molar-refractivity contribution >= 4 is 38.2 Å². The Labute approximate surface area is 220 Å². The molecule has 4 aromatic rings. The predicted octanol–water partition coefficient (Wildman–Crippen LogP) is 3.13. The Morgan fingerprint density at radius 2 is 2.11 bits per heavy atom. The minimum Gasteiger partial charge on any atom is -0.324 e. The first kappa shape index (κ1) is 25.3. The average Bonchev–Trinajstić information content (AvgIpc) is 3.13. The second kappa shape index (κ2) is 9.85. The van der Waals surface area contributed by atoms with Crippen molar-refractivity contribution in [3.8, 4) is 11.9 Å². The highest BCUT2D eigenvalue weighted by Gasteiger charge is 2.20. The van der Waals surface area contributed by atoms with Crippen LogP contribution >= 0.6 is 0 Å². The molecule has 194 valence electrons. The van der Waals surface area contributed by atoms with Gasteiger partial charge in [-0.15, -0.1) is 6.58 Å². The molecule has 11 nitrogen and oxygen atoms in total. The Morgan fingerprint density at radius 3 is 2.84 bits per heavy atom. The number of pyridine rings is 1. The lowest BCUT2D eigenvalue weighted by atomic mass is 9.94. The van der Waals surface area contributed by atoms with E-state index in [9.17, 15) is 14.3 Å². The fourth-order valence-electron chi connectivity index (χ4n) is 4.56. The lowest BCUT2D eigenvalue weighted by Crippen LogP contribution is -2.27. The van der Waals surface area contributed by atoms with Gasteiger partial charge in [-0.1, -0.05) is 12.1 Å². The summed E-state index contributed by atoms with van der Waals surface area (Å²) < 4.78 is 19.5. The molecule has 38 heavy (non-hydrogen) atoms. The lowest BCUT2D eigenvalue weighted by Gasteiger charge is -2.26. The second-order valence-corrected chi connectivity index (χ2v) is 12.0. The number of rotatable bonds is 6. The van der Waals surface area contributed by atoms with Crippen LogP contribution in [-0.4, -0.2) is 59.5 Å². The molecule has 0 unspecified atom stereocenters. The number of allylic oxidation sites excluding steroid dienone is 1. The Kier molecular flexibility index (Phi) is 6.56. The van der Waals surface area contributed by atoms with E-state index in [-0.39, 0.29) is 23.9 Å². The molecule has 1 N–H and O–H groups in total. The summed E-state index contributed by atoms with van der Waals surface area (Å²) in [5.74, 6) is 0.936. The fourth-order valence-corrected chi connectivity index (χ4v) is 5.11. The summed E-state index contributed by atoms with van der Waals surface area (Å²) in [7, 11) is -0.384. The first-order chi connectivity index (χ1) is 18.2. The number of hydrogen-bond donors (Lipinski definition) is 1. The molecule has 0 fully saturated rings. The lowest BCUT2D eigenvalue weighted by molar-refractivity contribution is 0.313. The molecule has 5 rings (SSSR count). The zero-order valence-electron chi connectivity index (χ0n) is 21.4. The van der Waals surface area contributed by atoms with Gasteiger partial charge in [0.25, 0.3) is 5.56 Å². The van der Waals surface area contributed by atoms with Crippen molar-refractivity contribution in [3.05, 3.63) is 76.2 Å². The van der Waals surface area contributed by atoms with Crippen LogP contribution < -0.4 is 10.9 Å². The minimum atomic E-state index is -2.43. The van der Waals surface area contributed by atoms with Gasteiger partial charge in [0, 0.05) is 47.2 Å². The summed E-state index contributed by atoms with van der Waals surface area (Å²) in [5, 5.41) is 13.2. The summed E-state index contributed by atoms with van der Waals surface area (Å²) in [6.07, 6.45) is 6.96. The number of aromatic nitrogens is 5. The van der Waals surface area contributed by atoms with Crippen molar-refractivity contribution in [2.75, 3.05) is 31.4 Å². The number of anilines is 2. The van der Waals surface area contributed by atoms with Crippen LogP contribution in [0.15, 0.2) is 58.3 Å². The van der Waals surface area contributed by atoms with E-state index in [1.165, 1.54) is 23.4 Å². The van der Waals surface area contributed by atoms with Crippen molar-refractivity contribution in [1.29, 1.82) is 5.26 Å². The van der Waals surface area contributed by atoms with Gasteiger partial charge in [-0.25, -0.2) is 23.5 Å². The summed E-state index contributed by atoms with van der Waals surface area (Å²) in [6.45, 7) is 5.64. The molecule has 3 aromatic heterocycles. The van der Waals surface area contributed by atoms with E-state index >= 15 is 0 Å². The first-order valence-electron chi connectivity index (χ1n) is 11.9. The highest BCUT2D eigenvalue weighted by molar-refractivity contribution is 7.92. The number of nitrogens with one attached hydrogen (secondary N) is 1. The SMILES string of the molecule is C=CCn1c(=O)c2cnc(Nc3cc(C#N)c4c(c3)CN(C)CC4)nc2n1-c1cccc(N=S(C)(C)=O)n1. The van der Waals surface area contributed by atoms with Crippen molar-refractivity contribution < 1.29 is 4.21 Å². The zero-order chi connectivity index (χ0) is 27.0. The normalized spacial score (nSPS) is 13.6. The van der Waals surface area contributed by atoms with Crippen LogP contribution in [0, 0.1) is 11.3 Å². The van der Waals surface area contributed by atoms with Gasteiger partial charge in [-0.05, 0) is 48.9 Å². The number of benzene rings is 1.